The molecule has 0 bridgehead atoms. The highest BCUT2D eigenvalue weighted by Gasteiger charge is 2.25. The van der Waals surface area contributed by atoms with Crippen molar-refractivity contribution in [3.05, 3.63) is 36.3 Å². The molecular weight excluding hydrogens is 482 g/mol. The average molecular weight is 517 g/mol. The Hall–Kier alpha value is -3.18. The Morgan fingerprint density at radius 3 is 2.76 bits per heavy atom. The van der Waals surface area contributed by atoms with Gasteiger partial charge in [0.25, 0.3) is 0 Å². The monoisotopic (exact) mass is 516 g/mol. The average Bonchev–Trinajstić information content (AvgIpc) is 3.30. The summed E-state index contributed by atoms with van der Waals surface area (Å²) >= 11 is 0. The second kappa shape index (κ2) is 13.4. The number of aromatic amines is 1. The molecule has 1 aliphatic carbocycles. The molecule has 1 saturated carbocycles. The fourth-order valence-electron chi connectivity index (χ4n) is 4.57. The lowest BCUT2D eigenvalue weighted by Crippen LogP contribution is -2.43. The summed E-state index contributed by atoms with van der Waals surface area (Å²) in [4.78, 5) is 27.8. The maximum Gasteiger partial charge on any atom is 0.246 e. The highest BCUT2D eigenvalue weighted by Crippen LogP contribution is 2.28. The number of hydrogen-bond acceptors (Lipinski definition) is 7. The minimum Gasteiger partial charge on any atom is -0.382 e. The number of nitrogens with one attached hydrogen (secondary N) is 3. The number of rotatable bonds is 13. The molecule has 0 radical (unpaired) electrons. The van der Waals surface area contributed by atoms with Gasteiger partial charge in [-0.1, -0.05) is 0 Å². The number of halogens is 2. The van der Waals surface area contributed by atoms with Gasteiger partial charge in [-0.2, -0.15) is 0 Å². The topological polar surface area (TPSA) is 114 Å². The van der Waals surface area contributed by atoms with E-state index in [1.807, 2.05) is 6.92 Å². The van der Waals surface area contributed by atoms with Crippen LogP contribution in [0.1, 0.15) is 51.9 Å². The first-order valence-corrected chi connectivity index (χ1v) is 12.9. The van der Waals surface area contributed by atoms with Crippen LogP contribution in [0.5, 0.6) is 0 Å². The Morgan fingerprint density at radius 1 is 1.11 bits per heavy atom. The van der Waals surface area contributed by atoms with Crippen molar-refractivity contribution in [2.45, 2.75) is 64.0 Å². The molecule has 2 atom stereocenters. The predicted molar refractivity (Wildman–Crippen MR) is 136 cm³/mol. The Bertz CT molecular complexity index is 1170. The number of amides is 1. The van der Waals surface area contributed by atoms with Crippen LogP contribution < -0.4 is 10.6 Å². The minimum absolute atomic E-state index is 0.0272. The van der Waals surface area contributed by atoms with Crippen molar-refractivity contribution in [2.24, 2.45) is 0 Å². The highest BCUT2D eigenvalue weighted by atomic mass is 19.1. The van der Waals surface area contributed by atoms with Crippen LogP contribution in [0.25, 0.3) is 22.4 Å². The van der Waals surface area contributed by atoms with Gasteiger partial charge in [0.05, 0.1) is 12.4 Å². The summed E-state index contributed by atoms with van der Waals surface area (Å²) < 4.78 is 39.1. The largest absolute Gasteiger partial charge is 0.382 e. The van der Waals surface area contributed by atoms with Crippen molar-refractivity contribution in [3.63, 3.8) is 0 Å². The first-order valence-electron chi connectivity index (χ1n) is 12.9. The van der Waals surface area contributed by atoms with Crippen LogP contribution in [-0.4, -0.2) is 64.4 Å². The quantitative estimate of drug-likeness (QED) is 0.289. The third-order valence-electron chi connectivity index (χ3n) is 6.38. The van der Waals surface area contributed by atoms with Gasteiger partial charge >= 0.3 is 0 Å². The number of carbonyl (C=O) groups excluding carboxylic acids is 1. The molecule has 0 aliphatic heterocycles. The molecular formula is C26H34F2N6O3. The third kappa shape index (κ3) is 7.65. The molecule has 3 aromatic rings. The second-order valence-corrected chi connectivity index (χ2v) is 9.22. The molecule has 3 aromatic heterocycles. The summed E-state index contributed by atoms with van der Waals surface area (Å²) in [5.74, 6) is -0.858. The third-order valence-corrected chi connectivity index (χ3v) is 6.38. The van der Waals surface area contributed by atoms with Crippen LogP contribution in [0.3, 0.4) is 0 Å². The summed E-state index contributed by atoms with van der Waals surface area (Å²) in [7, 11) is 0. The van der Waals surface area contributed by atoms with E-state index in [1.54, 1.807) is 6.20 Å². The van der Waals surface area contributed by atoms with Gasteiger partial charge in [0.1, 0.15) is 18.1 Å². The van der Waals surface area contributed by atoms with Crippen LogP contribution in [-0.2, 0) is 14.3 Å². The van der Waals surface area contributed by atoms with Crippen LogP contribution in [0, 0.1) is 11.6 Å². The minimum atomic E-state index is -0.575. The lowest BCUT2D eigenvalue weighted by Gasteiger charge is -2.30. The van der Waals surface area contributed by atoms with Gasteiger partial charge in [-0.05, 0) is 57.9 Å². The summed E-state index contributed by atoms with van der Waals surface area (Å²) in [6.45, 7) is 4.04. The van der Waals surface area contributed by atoms with E-state index < -0.39 is 11.6 Å². The summed E-state index contributed by atoms with van der Waals surface area (Å²) in [6, 6.07) is 1.25. The van der Waals surface area contributed by atoms with E-state index in [-0.39, 0.29) is 36.2 Å². The maximum atomic E-state index is 14.6. The summed E-state index contributed by atoms with van der Waals surface area (Å²) in [5, 5.41) is 6.73. The van der Waals surface area contributed by atoms with Gasteiger partial charge < -0.3 is 25.1 Å². The smallest absolute Gasteiger partial charge is 0.246 e. The molecule has 1 amide bonds. The zero-order valence-corrected chi connectivity index (χ0v) is 21.1. The Balaban J connectivity index is 1.27. The van der Waals surface area contributed by atoms with E-state index in [0.29, 0.717) is 29.6 Å². The van der Waals surface area contributed by atoms with Crippen LogP contribution >= 0.6 is 0 Å². The lowest BCUT2D eigenvalue weighted by molar-refractivity contribution is -0.126. The fourth-order valence-corrected chi connectivity index (χ4v) is 4.57. The number of nitrogens with zero attached hydrogens (tertiary/aromatic N) is 3. The van der Waals surface area contributed by atoms with E-state index in [0.717, 1.165) is 64.1 Å². The van der Waals surface area contributed by atoms with Gasteiger partial charge in [-0.15, -0.1) is 0 Å². The molecule has 0 unspecified atom stereocenters. The molecule has 37 heavy (non-hydrogen) atoms. The molecule has 1 fully saturated rings. The van der Waals surface area contributed by atoms with E-state index in [1.165, 1.54) is 6.07 Å². The van der Waals surface area contributed by atoms with Gasteiger partial charge in [0.2, 0.25) is 5.91 Å². The number of unbranched alkanes of at least 4 members (excludes halogenated alkanes) is 2. The zero-order valence-electron chi connectivity index (χ0n) is 21.1. The Labute approximate surface area is 214 Å². The maximum absolute atomic E-state index is 14.6. The lowest BCUT2D eigenvalue weighted by atomic mass is 9.91. The molecule has 3 heterocycles. The molecule has 0 saturated heterocycles. The molecule has 0 aromatic carbocycles. The van der Waals surface area contributed by atoms with Crippen LogP contribution in [0.2, 0.25) is 0 Å². The molecule has 11 heteroatoms. The van der Waals surface area contributed by atoms with E-state index in [2.05, 4.69) is 30.6 Å². The first kappa shape index (κ1) is 26.9. The zero-order chi connectivity index (χ0) is 26.0. The van der Waals surface area contributed by atoms with Crippen molar-refractivity contribution in [3.8, 4) is 11.4 Å². The van der Waals surface area contributed by atoms with Gasteiger partial charge in [-0.3, -0.25) is 4.79 Å². The van der Waals surface area contributed by atoms with Crippen LogP contribution in [0.4, 0.5) is 14.6 Å². The molecule has 3 N–H and O–H groups in total. The molecule has 200 valence electrons. The van der Waals surface area contributed by atoms with Crippen molar-refractivity contribution < 1.29 is 23.0 Å². The van der Waals surface area contributed by atoms with Crippen molar-refractivity contribution in [2.75, 3.05) is 31.7 Å². The number of H-pyrrole nitrogens is 1. The Morgan fingerprint density at radius 2 is 1.92 bits per heavy atom. The van der Waals surface area contributed by atoms with Gasteiger partial charge in [-0.25, -0.2) is 23.7 Å². The molecule has 9 nitrogen and oxygen atoms in total. The number of anilines is 1. The highest BCUT2D eigenvalue weighted by molar-refractivity contribution is 5.91. The number of pyridine rings is 1. The van der Waals surface area contributed by atoms with Crippen molar-refractivity contribution in [1.29, 1.82) is 0 Å². The Kier molecular flexibility index (Phi) is 9.72. The number of ether oxygens (including phenoxy) is 2. The normalized spacial score (nSPS) is 17.7. The SMILES string of the molecule is CCOCCCCCOCC(=O)N[C@@H]1CCC[C@H](Nc2nc(-c3c[nH]c4ncc(F)cc34)ncc2F)C1. The molecule has 0 spiro atoms. The predicted octanol–water partition coefficient (Wildman–Crippen LogP) is 4.36. The number of carbonyl (C=O) groups is 1. The van der Waals surface area contributed by atoms with Crippen LogP contribution in [0.15, 0.2) is 24.7 Å². The van der Waals surface area contributed by atoms with E-state index in [9.17, 15) is 13.6 Å². The van der Waals surface area contributed by atoms with Gasteiger partial charge in [0, 0.05) is 49.1 Å². The van der Waals surface area contributed by atoms with Crippen molar-refractivity contribution in [1.82, 2.24) is 25.3 Å². The molecule has 1 aliphatic rings. The van der Waals surface area contributed by atoms with Crippen molar-refractivity contribution >= 4 is 22.8 Å². The summed E-state index contributed by atoms with van der Waals surface area (Å²) in [6.07, 6.45) is 9.95. The molecule has 4 rings (SSSR count). The number of fused-ring (bicyclic) bond motifs is 1. The number of hydrogen-bond donors (Lipinski definition) is 3. The first-order chi connectivity index (χ1) is 18.0. The standard InChI is InChI=1S/C26H34F2N6O3/c1-2-36-9-4-3-5-10-37-16-23(35)32-18-7-6-8-19(12-18)33-26-22(28)15-31-25(34-26)21-14-30-24-20(21)11-17(27)13-29-24/h11,13-15,18-19H,2-10,12,16H2,1H3,(H,29,30)(H,32,35)(H,31,33,34)/t18-,19+/m1/s1. The number of aromatic nitrogens is 4. The van der Waals surface area contributed by atoms with E-state index in [4.69, 9.17) is 9.47 Å². The van der Waals surface area contributed by atoms with Gasteiger partial charge in [0.15, 0.2) is 17.5 Å². The van der Waals surface area contributed by atoms with E-state index >= 15 is 0 Å². The second-order valence-electron chi connectivity index (χ2n) is 9.22. The fraction of sp³-hybridized carbons (Fsp3) is 0.538. The summed E-state index contributed by atoms with van der Waals surface area (Å²) in [5.41, 5.74) is 1.03.